The van der Waals surface area contributed by atoms with Crippen molar-refractivity contribution in [1.29, 1.82) is 0 Å². The molecule has 0 aliphatic carbocycles. The molecular weight excluding hydrogens is 337 g/mol. The zero-order valence-electron chi connectivity index (χ0n) is 13.2. The van der Waals surface area contributed by atoms with Crippen molar-refractivity contribution < 1.29 is 23.5 Å². The minimum atomic E-state index is -0.889. The van der Waals surface area contributed by atoms with Crippen molar-refractivity contribution in [3.63, 3.8) is 0 Å². The molecule has 0 saturated heterocycles. The van der Waals surface area contributed by atoms with Crippen molar-refractivity contribution in [2.45, 2.75) is 19.0 Å². The molecular formula is C15H20FN3O4S. The van der Waals surface area contributed by atoms with Crippen LogP contribution in [0.2, 0.25) is 0 Å². The highest BCUT2D eigenvalue weighted by Crippen LogP contribution is 2.04. The third-order valence-electron chi connectivity index (χ3n) is 2.96. The predicted molar refractivity (Wildman–Crippen MR) is 88.7 cm³/mol. The Morgan fingerprint density at radius 3 is 2.54 bits per heavy atom. The summed E-state index contributed by atoms with van der Waals surface area (Å²) in [6.45, 7) is -0.289. The minimum Gasteiger partial charge on any atom is -0.454 e. The van der Waals surface area contributed by atoms with Crippen LogP contribution in [0, 0.1) is 5.82 Å². The topological polar surface area (TPSA) is 111 Å². The van der Waals surface area contributed by atoms with E-state index in [0.717, 1.165) is 0 Å². The number of carbonyl (C=O) groups is 3. The Balaban J connectivity index is 2.38. The number of ether oxygens (including phenoxy) is 1. The lowest BCUT2D eigenvalue weighted by Crippen LogP contribution is -2.45. The monoisotopic (exact) mass is 357 g/mol. The summed E-state index contributed by atoms with van der Waals surface area (Å²) >= 11 is 1.50. The first-order chi connectivity index (χ1) is 11.4. The minimum absolute atomic E-state index is 0.187. The van der Waals surface area contributed by atoms with Crippen LogP contribution in [0.5, 0.6) is 0 Å². The molecule has 0 spiro atoms. The van der Waals surface area contributed by atoms with Crippen LogP contribution >= 0.6 is 11.8 Å². The molecule has 0 aliphatic heterocycles. The van der Waals surface area contributed by atoms with Crippen molar-refractivity contribution >= 4 is 29.7 Å². The van der Waals surface area contributed by atoms with Crippen LogP contribution in [-0.4, -0.2) is 42.6 Å². The molecule has 0 fully saturated rings. The smallest absolute Gasteiger partial charge is 0.329 e. The molecule has 0 bridgehead atoms. The van der Waals surface area contributed by atoms with Crippen LogP contribution in [0.3, 0.4) is 0 Å². The highest BCUT2D eigenvalue weighted by atomic mass is 32.2. The zero-order valence-corrected chi connectivity index (χ0v) is 14.0. The summed E-state index contributed by atoms with van der Waals surface area (Å²) in [6.07, 6.45) is 2.20. The van der Waals surface area contributed by atoms with Crippen LogP contribution in [-0.2, 0) is 20.9 Å². The second-order valence-corrected chi connectivity index (χ2v) is 5.84. The Labute approximate surface area is 143 Å². The standard InChI is InChI=1S/C15H20FN3O4S/c1-24-7-6-12(19-15(17)22)14(21)23-9-13(20)18-8-10-2-4-11(16)5-3-10/h2-5,12H,6-9H2,1H3,(H,18,20)(H3,17,19,22)/t12-/m1/s1. The number of esters is 1. The van der Waals surface area contributed by atoms with Gasteiger partial charge in [0.05, 0.1) is 0 Å². The molecule has 0 aliphatic rings. The van der Waals surface area contributed by atoms with Crippen LogP contribution in [0.15, 0.2) is 24.3 Å². The molecule has 1 atom stereocenters. The van der Waals surface area contributed by atoms with Crippen LogP contribution in [0.4, 0.5) is 9.18 Å². The van der Waals surface area contributed by atoms with Crippen LogP contribution in [0.25, 0.3) is 0 Å². The molecule has 9 heteroatoms. The van der Waals surface area contributed by atoms with Gasteiger partial charge in [-0.15, -0.1) is 0 Å². The number of halogens is 1. The second-order valence-electron chi connectivity index (χ2n) is 4.85. The van der Waals surface area contributed by atoms with Gasteiger partial charge in [-0.2, -0.15) is 11.8 Å². The summed E-state index contributed by atoms with van der Waals surface area (Å²) < 4.78 is 17.6. The Kier molecular flexibility index (Phi) is 8.63. The van der Waals surface area contributed by atoms with Gasteiger partial charge in [-0.3, -0.25) is 4.79 Å². The van der Waals surface area contributed by atoms with E-state index in [1.165, 1.54) is 36.0 Å². The van der Waals surface area contributed by atoms with E-state index in [9.17, 15) is 18.8 Å². The fourth-order valence-electron chi connectivity index (χ4n) is 1.75. The number of nitrogens with one attached hydrogen (secondary N) is 2. The fraction of sp³-hybridized carbons (Fsp3) is 0.400. The first-order valence-corrected chi connectivity index (χ1v) is 8.54. The molecule has 0 unspecified atom stereocenters. The fourth-order valence-corrected chi connectivity index (χ4v) is 2.22. The number of primary amides is 1. The molecule has 0 radical (unpaired) electrons. The Morgan fingerprint density at radius 1 is 1.29 bits per heavy atom. The number of hydrogen-bond donors (Lipinski definition) is 3. The molecule has 7 nitrogen and oxygen atoms in total. The third kappa shape index (κ3) is 7.82. The van der Waals surface area contributed by atoms with Crippen molar-refractivity contribution in [3.8, 4) is 0 Å². The van der Waals surface area contributed by atoms with E-state index in [1.54, 1.807) is 0 Å². The molecule has 24 heavy (non-hydrogen) atoms. The van der Waals surface area contributed by atoms with E-state index in [2.05, 4.69) is 10.6 Å². The Bertz CT molecular complexity index is 568. The highest BCUT2D eigenvalue weighted by Gasteiger charge is 2.21. The van der Waals surface area contributed by atoms with Gasteiger partial charge < -0.3 is 21.1 Å². The van der Waals surface area contributed by atoms with Gasteiger partial charge in [-0.05, 0) is 36.1 Å². The first-order valence-electron chi connectivity index (χ1n) is 7.15. The molecule has 1 rings (SSSR count). The highest BCUT2D eigenvalue weighted by molar-refractivity contribution is 7.98. The zero-order chi connectivity index (χ0) is 17.9. The molecule has 0 aromatic heterocycles. The number of rotatable bonds is 9. The summed E-state index contributed by atoms with van der Waals surface area (Å²) in [5.41, 5.74) is 5.72. The largest absolute Gasteiger partial charge is 0.454 e. The van der Waals surface area contributed by atoms with Gasteiger partial charge in [0.2, 0.25) is 0 Å². The van der Waals surface area contributed by atoms with Crippen molar-refractivity contribution in [2.75, 3.05) is 18.6 Å². The van der Waals surface area contributed by atoms with Crippen molar-refractivity contribution in [3.05, 3.63) is 35.6 Å². The lowest BCUT2D eigenvalue weighted by molar-refractivity contribution is -0.150. The van der Waals surface area contributed by atoms with Gasteiger partial charge in [0.15, 0.2) is 6.61 Å². The van der Waals surface area contributed by atoms with E-state index in [4.69, 9.17) is 10.5 Å². The van der Waals surface area contributed by atoms with Gasteiger partial charge >= 0.3 is 12.0 Å². The van der Waals surface area contributed by atoms with Gasteiger partial charge in [0, 0.05) is 6.54 Å². The third-order valence-corrected chi connectivity index (χ3v) is 3.60. The molecule has 1 aromatic carbocycles. The lowest BCUT2D eigenvalue weighted by Gasteiger charge is -2.15. The molecule has 4 N–H and O–H groups in total. The summed E-state index contributed by atoms with van der Waals surface area (Å²) in [7, 11) is 0. The molecule has 132 valence electrons. The van der Waals surface area contributed by atoms with E-state index in [-0.39, 0.29) is 12.4 Å². The summed E-state index contributed by atoms with van der Waals surface area (Å²) in [5.74, 6) is -0.969. The quantitative estimate of drug-likeness (QED) is 0.566. The number of benzene rings is 1. The van der Waals surface area contributed by atoms with E-state index >= 15 is 0 Å². The SMILES string of the molecule is CSCC[C@@H](NC(N)=O)C(=O)OCC(=O)NCc1ccc(F)cc1. The van der Waals surface area contributed by atoms with Crippen molar-refractivity contribution in [1.82, 2.24) is 10.6 Å². The maximum absolute atomic E-state index is 12.8. The van der Waals surface area contributed by atoms with Crippen molar-refractivity contribution in [2.24, 2.45) is 5.73 Å². The number of thioether (sulfide) groups is 1. The second kappa shape index (κ2) is 10.5. The summed E-state index contributed by atoms with van der Waals surface area (Å²) in [6, 6.07) is 3.92. The normalized spacial score (nSPS) is 11.4. The Morgan fingerprint density at radius 2 is 1.96 bits per heavy atom. The molecule has 3 amide bonds. The predicted octanol–water partition coefficient (Wildman–Crippen LogP) is 0.775. The average molecular weight is 357 g/mol. The maximum Gasteiger partial charge on any atom is 0.329 e. The average Bonchev–Trinajstić information content (AvgIpc) is 2.55. The van der Waals surface area contributed by atoms with Gasteiger partial charge in [-0.25, -0.2) is 14.0 Å². The first kappa shape index (κ1) is 19.8. The van der Waals surface area contributed by atoms with Gasteiger partial charge in [-0.1, -0.05) is 12.1 Å². The van der Waals surface area contributed by atoms with Crippen LogP contribution < -0.4 is 16.4 Å². The van der Waals surface area contributed by atoms with E-state index < -0.39 is 30.6 Å². The lowest BCUT2D eigenvalue weighted by atomic mass is 10.2. The molecule has 1 aromatic rings. The summed E-state index contributed by atoms with van der Waals surface area (Å²) in [4.78, 5) is 34.4. The van der Waals surface area contributed by atoms with Gasteiger partial charge in [0.1, 0.15) is 11.9 Å². The number of hydrogen-bond acceptors (Lipinski definition) is 5. The molecule has 0 heterocycles. The number of urea groups is 1. The number of nitrogens with two attached hydrogens (primary N) is 1. The Hall–Kier alpha value is -2.29. The number of carbonyl (C=O) groups excluding carboxylic acids is 3. The maximum atomic E-state index is 12.8. The van der Waals surface area contributed by atoms with E-state index in [1.807, 2.05) is 6.26 Å². The van der Waals surface area contributed by atoms with E-state index in [0.29, 0.717) is 17.7 Å². The van der Waals surface area contributed by atoms with Crippen LogP contribution in [0.1, 0.15) is 12.0 Å². The number of amides is 3. The summed E-state index contributed by atoms with van der Waals surface area (Å²) in [5, 5.41) is 4.83. The molecule has 0 saturated carbocycles. The van der Waals surface area contributed by atoms with Gasteiger partial charge in [0.25, 0.3) is 5.91 Å².